The SMILES string of the molecule is COC(=O)C1=C(C(=O)OC)N(c2c(F)ccc(Br)c2Cl)COC1. The van der Waals surface area contributed by atoms with Crippen molar-refractivity contribution in [2.45, 2.75) is 0 Å². The number of ether oxygens (including phenoxy) is 3. The molecule has 23 heavy (non-hydrogen) atoms. The maximum atomic E-state index is 14.3. The molecule has 6 nitrogen and oxygen atoms in total. The van der Waals surface area contributed by atoms with Crippen molar-refractivity contribution in [3.63, 3.8) is 0 Å². The Morgan fingerprint density at radius 1 is 1.30 bits per heavy atom. The molecule has 1 aromatic carbocycles. The van der Waals surface area contributed by atoms with E-state index in [2.05, 4.69) is 20.7 Å². The van der Waals surface area contributed by atoms with E-state index in [-0.39, 0.29) is 35.3 Å². The monoisotopic (exact) mass is 407 g/mol. The van der Waals surface area contributed by atoms with Crippen molar-refractivity contribution in [1.29, 1.82) is 0 Å². The molecule has 1 heterocycles. The van der Waals surface area contributed by atoms with E-state index in [9.17, 15) is 14.0 Å². The highest BCUT2D eigenvalue weighted by Crippen LogP contribution is 2.38. The smallest absolute Gasteiger partial charge is 0.355 e. The van der Waals surface area contributed by atoms with Crippen molar-refractivity contribution in [3.8, 4) is 0 Å². The minimum atomic E-state index is -0.829. The van der Waals surface area contributed by atoms with Gasteiger partial charge in [0.25, 0.3) is 0 Å². The third-order valence-electron chi connectivity index (χ3n) is 3.12. The number of carbonyl (C=O) groups excluding carboxylic acids is 2. The highest BCUT2D eigenvalue weighted by Gasteiger charge is 2.34. The molecule has 0 saturated heterocycles. The average Bonchev–Trinajstić information content (AvgIpc) is 2.56. The van der Waals surface area contributed by atoms with Gasteiger partial charge in [-0.15, -0.1) is 0 Å². The van der Waals surface area contributed by atoms with Gasteiger partial charge in [-0.05, 0) is 28.1 Å². The van der Waals surface area contributed by atoms with Crippen LogP contribution in [0.2, 0.25) is 5.02 Å². The second-order valence-corrected chi connectivity index (χ2v) is 5.64. The summed E-state index contributed by atoms with van der Waals surface area (Å²) >= 11 is 9.32. The first-order valence-electron chi connectivity index (χ1n) is 6.30. The van der Waals surface area contributed by atoms with E-state index in [0.717, 1.165) is 19.1 Å². The summed E-state index contributed by atoms with van der Waals surface area (Å²) in [5.41, 5.74) is -0.368. The van der Waals surface area contributed by atoms with Crippen molar-refractivity contribution in [3.05, 3.63) is 38.7 Å². The van der Waals surface area contributed by atoms with E-state index in [1.807, 2.05) is 0 Å². The Morgan fingerprint density at radius 2 is 1.96 bits per heavy atom. The standard InChI is InChI=1S/C14H12BrClFNO5/c1-21-13(19)7-5-23-6-18(11(7)14(20)22-2)12-9(17)4-3-8(15)10(12)16/h3-4H,5-6H2,1-2H3. The van der Waals surface area contributed by atoms with E-state index < -0.39 is 17.8 Å². The Morgan fingerprint density at radius 3 is 2.57 bits per heavy atom. The van der Waals surface area contributed by atoms with Crippen LogP contribution in [0.4, 0.5) is 10.1 Å². The van der Waals surface area contributed by atoms with Crippen LogP contribution in [-0.4, -0.2) is 39.5 Å². The van der Waals surface area contributed by atoms with Gasteiger partial charge in [-0.1, -0.05) is 11.6 Å². The van der Waals surface area contributed by atoms with Crippen LogP contribution < -0.4 is 4.90 Å². The first kappa shape index (κ1) is 17.7. The Balaban J connectivity index is 2.68. The second-order valence-electron chi connectivity index (χ2n) is 4.41. The molecule has 0 spiro atoms. The number of anilines is 1. The summed E-state index contributed by atoms with van der Waals surface area (Å²) in [7, 11) is 2.31. The molecule has 9 heteroatoms. The van der Waals surface area contributed by atoms with Crippen LogP contribution >= 0.6 is 27.5 Å². The highest BCUT2D eigenvalue weighted by atomic mass is 79.9. The van der Waals surface area contributed by atoms with Gasteiger partial charge >= 0.3 is 11.9 Å². The molecule has 1 aromatic rings. The summed E-state index contributed by atoms with van der Waals surface area (Å²) in [6.45, 7) is -0.348. The van der Waals surface area contributed by atoms with E-state index in [4.69, 9.17) is 21.1 Å². The number of carbonyl (C=O) groups is 2. The van der Waals surface area contributed by atoms with Crippen LogP contribution in [0.25, 0.3) is 0 Å². The number of hydrogen-bond donors (Lipinski definition) is 0. The fourth-order valence-electron chi connectivity index (χ4n) is 2.08. The van der Waals surface area contributed by atoms with Crippen LogP contribution in [0, 0.1) is 5.82 Å². The lowest BCUT2D eigenvalue weighted by Gasteiger charge is -2.32. The molecular weight excluding hydrogens is 397 g/mol. The molecule has 124 valence electrons. The van der Waals surface area contributed by atoms with E-state index >= 15 is 0 Å². The molecule has 0 unspecified atom stereocenters. The molecular formula is C14H12BrClFNO5. The molecule has 0 fully saturated rings. The lowest BCUT2D eigenvalue weighted by Crippen LogP contribution is -2.39. The fraction of sp³-hybridized carbons (Fsp3) is 0.286. The number of benzene rings is 1. The number of halogens is 3. The Hall–Kier alpha value is -1.64. The van der Waals surface area contributed by atoms with Crippen molar-refractivity contribution in [2.24, 2.45) is 0 Å². The Labute approximate surface area is 144 Å². The van der Waals surface area contributed by atoms with Crippen molar-refractivity contribution in [1.82, 2.24) is 0 Å². The summed E-state index contributed by atoms with van der Waals surface area (Å²) in [4.78, 5) is 25.2. The largest absolute Gasteiger partial charge is 0.466 e. The highest BCUT2D eigenvalue weighted by molar-refractivity contribution is 9.10. The second kappa shape index (κ2) is 7.29. The molecule has 0 atom stereocenters. The first-order valence-corrected chi connectivity index (χ1v) is 7.48. The topological polar surface area (TPSA) is 65.1 Å². The van der Waals surface area contributed by atoms with E-state index in [1.165, 1.54) is 12.1 Å². The quantitative estimate of drug-likeness (QED) is 0.566. The summed E-state index contributed by atoms with van der Waals surface area (Å²) < 4.78 is 29.3. The minimum absolute atomic E-state index is 0.0288. The molecule has 0 N–H and O–H groups in total. The molecule has 0 aromatic heterocycles. The van der Waals surface area contributed by atoms with Crippen LogP contribution in [0.5, 0.6) is 0 Å². The van der Waals surface area contributed by atoms with Gasteiger partial charge in [0, 0.05) is 4.47 Å². The average molecular weight is 409 g/mol. The van der Waals surface area contributed by atoms with Gasteiger partial charge in [-0.25, -0.2) is 14.0 Å². The van der Waals surface area contributed by atoms with Gasteiger partial charge in [0.15, 0.2) is 0 Å². The van der Waals surface area contributed by atoms with Gasteiger partial charge in [0.05, 0.1) is 37.1 Å². The minimum Gasteiger partial charge on any atom is -0.466 e. The zero-order valence-electron chi connectivity index (χ0n) is 12.2. The molecule has 0 aliphatic carbocycles. The fourth-order valence-corrected chi connectivity index (χ4v) is 2.66. The molecule has 1 aliphatic heterocycles. The van der Waals surface area contributed by atoms with E-state index in [0.29, 0.717) is 4.47 Å². The van der Waals surface area contributed by atoms with Crippen molar-refractivity contribution in [2.75, 3.05) is 32.5 Å². The summed E-state index contributed by atoms with van der Waals surface area (Å²) in [5.74, 6) is -2.29. The number of rotatable bonds is 3. The molecule has 0 bridgehead atoms. The summed E-state index contributed by atoms with van der Waals surface area (Å²) in [6.07, 6.45) is 0. The van der Waals surface area contributed by atoms with Gasteiger partial charge in [0.1, 0.15) is 18.2 Å². The van der Waals surface area contributed by atoms with Gasteiger partial charge in [-0.3, -0.25) is 0 Å². The van der Waals surface area contributed by atoms with Gasteiger partial charge in [0.2, 0.25) is 0 Å². The maximum Gasteiger partial charge on any atom is 0.355 e. The first-order chi connectivity index (χ1) is 10.9. The van der Waals surface area contributed by atoms with Crippen LogP contribution in [0.3, 0.4) is 0 Å². The van der Waals surface area contributed by atoms with Gasteiger partial charge < -0.3 is 19.1 Å². The predicted octanol–water partition coefficient (Wildman–Crippen LogP) is 2.64. The molecule has 1 aliphatic rings. The molecule has 0 radical (unpaired) electrons. The third-order valence-corrected chi connectivity index (χ3v) is 4.39. The zero-order chi connectivity index (χ0) is 17.1. The van der Waals surface area contributed by atoms with Crippen LogP contribution in [-0.2, 0) is 23.8 Å². The van der Waals surface area contributed by atoms with Gasteiger partial charge in [-0.2, -0.15) is 0 Å². The van der Waals surface area contributed by atoms with Crippen molar-refractivity contribution < 1.29 is 28.2 Å². The Kier molecular flexibility index (Phi) is 5.61. The van der Waals surface area contributed by atoms with Crippen molar-refractivity contribution >= 4 is 45.2 Å². The normalized spacial score (nSPS) is 14.7. The molecule has 0 saturated carbocycles. The maximum absolute atomic E-state index is 14.3. The third kappa shape index (κ3) is 3.34. The molecule has 2 rings (SSSR count). The summed E-state index contributed by atoms with van der Waals surface area (Å²) in [6, 6.07) is 2.60. The summed E-state index contributed by atoms with van der Waals surface area (Å²) in [5, 5.41) is 0.0288. The van der Waals surface area contributed by atoms with Crippen LogP contribution in [0.15, 0.2) is 27.9 Å². The number of nitrogens with zero attached hydrogens (tertiary/aromatic N) is 1. The number of hydrogen-bond acceptors (Lipinski definition) is 6. The predicted molar refractivity (Wildman–Crippen MR) is 83.5 cm³/mol. The van der Waals surface area contributed by atoms with Crippen LogP contribution in [0.1, 0.15) is 0 Å². The number of methoxy groups -OCH3 is 2. The lowest BCUT2D eigenvalue weighted by molar-refractivity contribution is -0.140. The molecule has 0 amide bonds. The Bertz CT molecular complexity index is 694. The van der Waals surface area contributed by atoms with E-state index in [1.54, 1.807) is 0 Å². The number of esters is 2. The zero-order valence-corrected chi connectivity index (χ0v) is 14.5. The lowest BCUT2D eigenvalue weighted by atomic mass is 10.1.